The first-order chi connectivity index (χ1) is 13.3. The number of nitrogens with one attached hydrogen (secondary N) is 2. The van der Waals surface area contributed by atoms with E-state index in [0.29, 0.717) is 56.1 Å². The molecule has 1 aliphatic rings. The highest BCUT2D eigenvalue weighted by atomic mass is 32.2. The molecule has 1 aromatic carbocycles. The molecule has 0 heterocycles. The molecule has 1 saturated carbocycles. The van der Waals surface area contributed by atoms with Crippen LogP contribution in [0.5, 0.6) is 11.5 Å². The van der Waals surface area contributed by atoms with Gasteiger partial charge in [0.2, 0.25) is 15.9 Å². The standard InChI is InChI=1S/C20H32N2O5S/c1-5-26-18-12-11-17(13-19(18)27-6-2)21-20(23)15-7-9-16(10-8-15)22-28(24,25)14(3)4/h11-16,22H,5-10H2,1-4H3,(H,21,23). The second kappa shape index (κ2) is 10.1. The maximum absolute atomic E-state index is 12.6. The molecule has 28 heavy (non-hydrogen) atoms. The van der Waals surface area contributed by atoms with Crippen molar-refractivity contribution in [2.45, 2.75) is 64.7 Å². The van der Waals surface area contributed by atoms with Crippen LogP contribution in [0.2, 0.25) is 0 Å². The summed E-state index contributed by atoms with van der Waals surface area (Å²) in [6, 6.07) is 5.27. The summed E-state index contributed by atoms with van der Waals surface area (Å²) in [7, 11) is -3.28. The number of benzene rings is 1. The van der Waals surface area contributed by atoms with Crippen molar-refractivity contribution in [3.63, 3.8) is 0 Å². The summed E-state index contributed by atoms with van der Waals surface area (Å²) in [5.41, 5.74) is 0.666. The van der Waals surface area contributed by atoms with Crippen LogP contribution in [0.4, 0.5) is 5.69 Å². The molecule has 8 heteroatoms. The van der Waals surface area contributed by atoms with Crippen molar-refractivity contribution < 1.29 is 22.7 Å². The Morgan fingerprint density at radius 3 is 2.25 bits per heavy atom. The summed E-state index contributed by atoms with van der Waals surface area (Å²) in [6.45, 7) is 8.17. The lowest BCUT2D eigenvalue weighted by Gasteiger charge is -2.28. The first-order valence-corrected chi connectivity index (χ1v) is 11.5. The van der Waals surface area contributed by atoms with Crippen molar-refractivity contribution in [2.75, 3.05) is 18.5 Å². The molecular formula is C20H32N2O5S. The Morgan fingerprint density at radius 1 is 1.07 bits per heavy atom. The summed E-state index contributed by atoms with van der Waals surface area (Å²) in [5.74, 6) is 1.09. The van der Waals surface area contributed by atoms with E-state index < -0.39 is 15.3 Å². The average Bonchev–Trinajstić information content (AvgIpc) is 2.64. The molecule has 0 aliphatic heterocycles. The zero-order chi connectivity index (χ0) is 20.7. The van der Waals surface area contributed by atoms with Gasteiger partial charge in [0.15, 0.2) is 11.5 Å². The predicted octanol–water partition coefficient (Wildman–Crippen LogP) is 3.31. The molecule has 0 aromatic heterocycles. The number of anilines is 1. The third-order valence-corrected chi connectivity index (χ3v) is 6.76. The zero-order valence-electron chi connectivity index (χ0n) is 17.2. The summed E-state index contributed by atoms with van der Waals surface area (Å²) >= 11 is 0. The van der Waals surface area contributed by atoms with Gasteiger partial charge in [0.05, 0.1) is 18.5 Å². The van der Waals surface area contributed by atoms with E-state index in [4.69, 9.17) is 9.47 Å². The van der Waals surface area contributed by atoms with E-state index in [1.165, 1.54) is 0 Å². The second-order valence-corrected chi connectivity index (χ2v) is 9.55. The minimum Gasteiger partial charge on any atom is -0.490 e. The predicted molar refractivity (Wildman–Crippen MR) is 110 cm³/mol. The molecule has 7 nitrogen and oxygen atoms in total. The van der Waals surface area contributed by atoms with Gasteiger partial charge in [-0.1, -0.05) is 0 Å². The largest absolute Gasteiger partial charge is 0.490 e. The zero-order valence-corrected chi connectivity index (χ0v) is 18.0. The van der Waals surface area contributed by atoms with E-state index >= 15 is 0 Å². The summed E-state index contributed by atoms with van der Waals surface area (Å²) < 4.78 is 37.9. The number of carbonyl (C=O) groups excluding carboxylic acids is 1. The number of ether oxygens (including phenoxy) is 2. The second-order valence-electron chi connectivity index (χ2n) is 7.28. The molecule has 0 atom stereocenters. The van der Waals surface area contributed by atoms with Crippen molar-refractivity contribution in [3.05, 3.63) is 18.2 Å². The maximum Gasteiger partial charge on any atom is 0.227 e. The molecule has 1 amide bonds. The van der Waals surface area contributed by atoms with E-state index in [1.807, 2.05) is 13.8 Å². The molecule has 0 saturated heterocycles. The van der Waals surface area contributed by atoms with E-state index in [1.54, 1.807) is 32.0 Å². The summed E-state index contributed by atoms with van der Waals surface area (Å²) in [5, 5.41) is 2.50. The highest BCUT2D eigenvalue weighted by molar-refractivity contribution is 7.90. The van der Waals surface area contributed by atoms with Crippen LogP contribution in [-0.2, 0) is 14.8 Å². The molecule has 2 rings (SSSR count). The van der Waals surface area contributed by atoms with Crippen LogP contribution in [-0.4, -0.2) is 38.8 Å². The van der Waals surface area contributed by atoms with Crippen molar-refractivity contribution in [3.8, 4) is 11.5 Å². The maximum atomic E-state index is 12.6. The van der Waals surface area contributed by atoms with E-state index in [-0.39, 0.29) is 17.9 Å². The highest BCUT2D eigenvalue weighted by Crippen LogP contribution is 2.32. The fourth-order valence-electron chi connectivity index (χ4n) is 3.22. The topological polar surface area (TPSA) is 93.7 Å². The van der Waals surface area contributed by atoms with Crippen LogP contribution in [0.1, 0.15) is 53.4 Å². The fourth-order valence-corrected chi connectivity index (χ4v) is 4.19. The number of carbonyl (C=O) groups is 1. The lowest BCUT2D eigenvalue weighted by atomic mass is 9.86. The number of rotatable bonds is 9. The molecule has 2 N–H and O–H groups in total. The van der Waals surface area contributed by atoms with Crippen LogP contribution >= 0.6 is 0 Å². The molecule has 0 bridgehead atoms. The van der Waals surface area contributed by atoms with Crippen molar-refractivity contribution >= 4 is 21.6 Å². The van der Waals surface area contributed by atoms with Crippen LogP contribution < -0.4 is 19.5 Å². The average molecular weight is 413 g/mol. The Balaban J connectivity index is 1.93. The minimum absolute atomic E-state index is 0.0447. The number of sulfonamides is 1. The Bertz CT molecular complexity index is 756. The van der Waals surface area contributed by atoms with E-state index in [2.05, 4.69) is 10.0 Å². The van der Waals surface area contributed by atoms with Crippen LogP contribution in [0.15, 0.2) is 18.2 Å². The number of amides is 1. The van der Waals surface area contributed by atoms with E-state index in [0.717, 1.165) is 0 Å². The van der Waals surface area contributed by atoms with Crippen LogP contribution in [0.3, 0.4) is 0 Å². The normalized spacial score (nSPS) is 20.0. The monoisotopic (exact) mass is 412 g/mol. The van der Waals surface area contributed by atoms with Gasteiger partial charge in [-0.25, -0.2) is 13.1 Å². The van der Waals surface area contributed by atoms with Gasteiger partial charge < -0.3 is 14.8 Å². The molecule has 0 radical (unpaired) electrons. The third kappa shape index (κ3) is 6.10. The molecule has 158 valence electrons. The quantitative estimate of drug-likeness (QED) is 0.649. The first kappa shape index (κ1) is 22.5. The van der Waals surface area contributed by atoms with Gasteiger partial charge in [0.25, 0.3) is 0 Å². The Kier molecular flexibility index (Phi) is 8.12. The van der Waals surface area contributed by atoms with E-state index in [9.17, 15) is 13.2 Å². The van der Waals surface area contributed by atoms with Crippen LogP contribution in [0, 0.1) is 5.92 Å². The molecule has 1 fully saturated rings. The third-order valence-electron chi connectivity index (χ3n) is 4.86. The van der Waals surface area contributed by atoms with Crippen molar-refractivity contribution in [1.29, 1.82) is 0 Å². The molecule has 0 spiro atoms. The minimum atomic E-state index is -3.28. The lowest BCUT2D eigenvalue weighted by molar-refractivity contribution is -0.120. The smallest absolute Gasteiger partial charge is 0.227 e. The highest BCUT2D eigenvalue weighted by Gasteiger charge is 2.29. The van der Waals surface area contributed by atoms with Gasteiger partial charge in [-0.15, -0.1) is 0 Å². The molecule has 0 unspecified atom stereocenters. The van der Waals surface area contributed by atoms with Crippen LogP contribution in [0.25, 0.3) is 0 Å². The van der Waals surface area contributed by atoms with Crippen molar-refractivity contribution in [1.82, 2.24) is 4.72 Å². The Labute approximate surface area is 168 Å². The van der Waals surface area contributed by atoms with Gasteiger partial charge >= 0.3 is 0 Å². The van der Waals surface area contributed by atoms with Gasteiger partial charge in [-0.05, 0) is 65.5 Å². The summed E-state index contributed by atoms with van der Waals surface area (Å²) in [4.78, 5) is 12.6. The number of hydrogen-bond donors (Lipinski definition) is 2. The number of hydrogen-bond acceptors (Lipinski definition) is 5. The molecular weight excluding hydrogens is 380 g/mol. The van der Waals surface area contributed by atoms with Gasteiger partial charge in [-0.2, -0.15) is 0 Å². The van der Waals surface area contributed by atoms with Gasteiger partial charge in [-0.3, -0.25) is 4.79 Å². The Hall–Kier alpha value is -1.80. The van der Waals surface area contributed by atoms with Crippen molar-refractivity contribution in [2.24, 2.45) is 5.92 Å². The molecule has 1 aliphatic carbocycles. The SMILES string of the molecule is CCOc1ccc(NC(=O)C2CCC(NS(=O)(=O)C(C)C)CC2)cc1OCC. The van der Waals surface area contributed by atoms with Gasteiger partial charge in [0, 0.05) is 23.7 Å². The van der Waals surface area contributed by atoms with Gasteiger partial charge in [0.1, 0.15) is 0 Å². The molecule has 1 aromatic rings. The lowest BCUT2D eigenvalue weighted by Crippen LogP contribution is -2.42. The Morgan fingerprint density at radius 2 is 1.68 bits per heavy atom. The fraction of sp³-hybridized carbons (Fsp3) is 0.650. The summed E-state index contributed by atoms with van der Waals surface area (Å²) in [6.07, 6.45) is 2.65. The first-order valence-electron chi connectivity index (χ1n) is 9.98.